The summed E-state index contributed by atoms with van der Waals surface area (Å²) >= 11 is 1.53. The highest BCUT2D eigenvalue weighted by Gasteiger charge is 2.34. The lowest BCUT2D eigenvalue weighted by Crippen LogP contribution is -2.32. The number of hydrogen-bond acceptors (Lipinski definition) is 7. The molecular weight excluding hydrogens is 368 g/mol. The monoisotopic (exact) mass is 392 g/mol. The summed E-state index contributed by atoms with van der Waals surface area (Å²) in [5, 5.41) is 18.4. The molecule has 3 rings (SSSR count). The molecule has 2 atom stereocenters. The van der Waals surface area contributed by atoms with Crippen LogP contribution in [0.2, 0.25) is 0 Å². The number of aromatic nitrogens is 1. The molecule has 0 aliphatic carbocycles. The van der Waals surface area contributed by atoms with Crippen molar-refractivity contribution in [2.24, 2.45) is 11.7 Å². The van der Waals surface area contributed by atoms with Gasteiger partial charge in [-0.15, -0.1) is 11.3 Å². The van der Waals surface area contributed by atoms with Gasteiger partial charge in [-0.3, -0.25) is 14.5 Å². The zero-order valence-electron chi connectivity index (χ0n) is 15.0. The Kier molecular flexibility index (Phi) is 6.59. The number of nitrogens with zero attached hydrogens (tertiary/aromatic N) is 2. The lowest BCUT2D eigenvalue weighted by Gasteiger charge is -2.14. The maximum absolute atomic E-state index is 12.1. The molecule has 1 aliphatic heterocycles. The molecule has 0 radical (unpaired) electrons. The van der Waals surface area contributed by atoms with E-state index >= 15 is 0 Å². The summed E-state index contributed by atoms with van der Waals surface area (Å²) in [6.07, 6.45) is 2.05. The largest absolute Gasteiger partial charge is 0.391 e. The average Bonchev–Trinajstić information content (AvgIpc) is 3.37. The van der Waals surface area contributed by atoms with Crippen molar-refractivity contribution in [3.05, 3.63) is 29.3 Å². The van der Waals surface area contributed by atoms with Crippen LogP contribution >= 0.6 is 11.3 Å². The first kappa shape index (κ1) is 19.5. The van der Waals surface area contributed by atoms with Gasteiger partial charge in [0.05, 0.1) is 16.9 Å². The fraction of sp³-hybridized carbons (Fsp3) is 0.500. The van der Waals surface area contributed by atoms with E-state index in [1.165, 1.54) is 11.3 Å². The van der Waals surface area contributed by atoms with Crippen LogP contribution in [0.1, 0.15) is 29.8 Å². The SMILES string of the molecule is NC(=O)[C@H]1CN(CCCCCNC(=O)c2cc(-c3cccs3)on2)C[C@@H]1O. The van der Waals surface area contributed by atoms with Gasteiger partial charge in [0, 0.05) is 25.7 Å². The molecule has 0 saturated carbocycles. The average molecular weight is 392 g/mol. The van der Waals surface area contributed by atoms with Crippen LogP contribution in [0.5, 0.6) is 0 Å². The van der Waals surface area contributed by atoms with Crippen molar-refractivity contribution in [1.82, 2.24) is 15.4 Å². The second kappa shape index (κ2) is 9.12. The lowest BCUT2D eigenvalue weighted by molar-refractivity contribution is -0.123. The summed E-state index contributed by atoms with van der Waals surface area (Å²) in [6, 6.07) is 5.48. The Morgan fingerprint density at radius 1 is 1.37 bits per heavy atom. The standard InChI is InChI=1S/C18H24N4O4S/c19-17(24)12-10-22(11-14(12)23)7-3-1-2-6-20-18(25)13-9-15(26-21-13)16-5-4-8-27-16/h4-5,8-9,12,14,23H,1-3,6-7,10-11H2,(H2,19,24)(H,20,25)/t12-,14-/m0/s1. The molecule has 3 heterocycles. The van der Waals surface area contributed by atoms with E-state index in [4.69, 9.17) is 10.3 Å². The third kappa shape index (κ3) is 5.15. The molecule has 1 saturated heterocycles. The normalized spacial score (nSPS) is 20.0. The van der Waals surface area contributed by atoms with Gasteiger partial charge in [0.15, 0.2) is 11.5 Å². The van der Waals surface area contributed by atoms with Crippen molar-refractivity contribution in [3.63, 3.8) is 0 Å². The predicted molar refractivity (Wildman–Crippen MR) is 101 cm³/mol. The minimum atomic E-state index is -0.664. The quantitative estimate of drug-likeness (QED) is 0.549. The molecular formula is C18H24N4O4S. The molecule has 2 aromatic rings. The van der Waals surface area contributed by atoms with Crippen LogP contribution in [0.25, 0.3) is 10.6 Å². The van der Waals surface area contributed by atoms with Crippen LogP contribution in [0, 0.1) is 5.92 Å². The maximum atomic E-state index is 12.1. The Morgan fingerprint density at radius 2 is 2.22 bits per heavy atom. The van der Waals surface area contributed by atoms with Gasteiger partial charge in [-0.2, -0.15) is 0 Å². The van der Waals surface area contributed by atoms with Crippen molar-refractivity contribution in [3.8, 4) is 10.6 Å². The van der Waals surface area contributed by atoms with Gasteiger partial charge in [-0.1, -0.05) is 17.6 Å². The van der Waals surface area contributed by atoms with Gasteiger partial charge in [0.1, 0.15) is 0 Å². The van der Waals surface area contributed by atoms with Crippen molar-refractivity contribution in [1.29, 1.82) is 0 Å². The van der Waals surface area contributed by atoms with E-state index in [1.807, 2.05) is 17.5 Å². The van der Waals surface area contributed by atoms with Crippen molar-refractivity contribution >= 4 is 23.2 Å². The molecule has 27 heavy (non-hydrogen) atoms. The Bertz CT molecular complexity index is 761. The van der Waals surface area contributed by atoms with Crippen LogP contribution in [-0.4, -0.2) is 59.3 Å². The number of β-amino-alcohol motifs (C(OH)–C–C–N with tert-alkyl or cyclic N) is 1. The second-order valence-corrected chi connectivity index (χ2v) is 7.65. The van der Waals surface area contributed by atoms with Gasteiger partial charge < -0.3 is 20.7 Å². The molecule has 0 spiro atoms. The second-order valence-electron chi connectivity index (χ2n) is 6.71. The van der Waals surface area contributed by atoms with E-state index in [0.717, 1.165) is 30.7 Å². The number of carbonyl (C=O) groups excluding carboxylic acids is 2. The molecule has 146 valence electrons. The summed E-state index contributed by atoms with van der Waals surface area (Å²) < 4.78 is 5.21. The van der Waals surface area contributed by atoms with Crippen LogP contribution in [-0.2, 0) is 4.79 Å². The van der Waals surface area contributed by atoms with Crippen LogP contribution < -0.4 is 11.1 Å². The van der Waals surface area contributed by atoms with E-state index in [1.54, 1.807) is 6.07 Å². The highest BCUT2D eigenvalue weighted by molar-refractivity contribution is 7.13. The number of amides is 2. The van der Waals surface area contributed by atoms with Crippen molar-refractivity contribution in [2.45, 2.75) is 25.4 Å². The van der Waals surface area contributed by atoms with Crippen molar-refractivity contribution in [2.75, 3.05) is 26.2 Å². The molecule has 1 fully saturated rings. The summed E-state index contributed by atoms with van der Waals surface area (Å²) in [5.74, 6) is -0.556. The van der Waals surface area contributed by atoms with E-state index in [9.17, 15) is 14.7 Å². The Balaban J connectivity index is 1.30. The van der Waals surface area contributed by atoms with Gasteiger partial charge in [-0.25, -0.2) is 0 Å². The van der Waals surface area contributed by atoms with E-state index in [-0.39, 0.29) is 11.6 Å². The summed E-state index contributed by atoms with van der Waals surface area (Å²) in [4.78, 5) is 26.3. The topological polar surface area (TPSA) is 122 Å². The molecule has 1 aliphatic rings. The Hall–Kier alpha value is -2.23. The number of hydrogen-bond donors (Lipinski definition) is 3. The fourth-order valence-corrected chi connectivity index (χ4v) is 3.85. The minimum absolute atomic E-state index is 0.242. The van der Waals surface area contributed by atoms with Crippen LogP contribution in [0.15, 0.2) is 28.1 Å². The van der Waals surface area contributed by atoms with E-state index in [0.29, 0.717) is 25.4 Å². The van der Waals surface area contributed by atoms with Gasteiger partial charge in [0.25, 0.3) is 5.91 Å². The first-order valence-corrected chi connectivity index (χ1v) is 9.91. The van der Waals surface area contributed by atoms with E-state index in [2.05, 4.69) is 15.4 Å². The first-order chi connectivity index (χ1) is 13.0. The first-order valence-electron chi connectivity index (χ1n) is 9.03. The highest BCUT2D eigenvalue weighted by Crippen LogP contribution is 2.25. The maximum Gasteiger partial charge on any atom is 0.273 e. The number of thiophene rings is 1. The number of primary amides is 1. The number of nitrogens with two attached hydrogens (primary N) is 1. The zero-order valence-corrected chi connectivity index (χ0v) is 15.8. The molecule has 2 amide bonds. The molecule has 2 aromatic heterocycles. The molecule has 8 nitrogen and oxygen atoms in total. The summed E-state index contributed by atoms with van der Waals surface area (Å²) in [7, 11) is 0. The van der Waals surface area contributed by atoms with Gasteiger partial charge in [-0.05, 0) is 30.8 Å². The lowest BCUT2D eigenvalue weighted by atomic mass is 10.1. The number of carbonyl (C=O) groups is 2. The number of rotatable bonds is 9. The summed E-state index contributed by atoms with van der Waals surface area (Å²) in [6.45, 7) is 2.38. The molecule has 9 heteroatoms. The minimum Gasteiger partial charge on any atom is -0.391 e. The number of aliphatic hydroxyl groups is 1. The fourth-order valence-electron chi connectivity index (χ4n) is 3.18. The van der Waals surface area contributed by atoms with E-state index < -0.39 is 17.9 Å². The van der Waals surface area contributed by atoms with Crippen LogP contribution in [0.4, 0.5) is 0 Å². The van der Waals surface area contributed by atoms with Gasteiger partial charge >= 0.3 is 0 Å². The van der Waals surface area contributed by atoms with Gasteiger partial charge in [0.2, 0.25) is 5.91 Å². The number of aliphatic hydroxyl groups excluding tert-OH is 1. The molecule has 0 aromatic carbocycles. The third-order valence-corrected chi connectivity index (χ3v) is 5.56. The predicted octanol–water partition coefficient (Wildman–Crippen LogP) is 1.08. The smallest absolute Gasteiger partial charge is 0.273 e. The Labute approximate surface area is 161 Å². The third-order valence-electron chi connectivity index (χ3n) is 4.67. The number of likely N-dealkylation sites (tertiary alicyclic amines) is 1. The van der Waals surface area contributed by atoms with Crippen LogP contribution in [0.3, 0.4) is 0 Å². The summed E-state index contributed by atoms with van der Waals surface area (Å²) in [5.41, 5.74) is 5.55. The van der Waals surface area contributed by atoms with Crippen molar-refractivity contribution < 1.29 is 19.2 Å². The molecule has 0 unspecified atom stereocenters. The molecule has 4 N–H and O–H groups in total. The number of nitrogens with one attached hydrogen (secondary N) is 1. The highest BCUT2D eigenvalue weighted by atomic mass is 32.1. The Morgan fingerprint density at radius 3 is 2.93 bits per heavy atom. The molecule has 0 bridgehead atoms. The number of unbranched alkanes of at least 4 members (excludes halogenated alkanes) is 2. The zero-order chi connectivity index (χ0) is 19.2.